The second-order valence-corrected chi connectivity index (χ2v) is 6.59. The van der Waals surface area contributed by atoms with Crippen LogP contribution < -0.4 is 5.32 Å². The number of hydrogen-bond donors (Lipinski definition) is 1. The zero-order valence-electron chi connectivity index (χ0n) is 9.35. The third-order valence-electron chi connectivity index (χ3n) is 3.34. The van der Waals surface area contributed by atoms with E-state index in [1.54, 1.807) is 4.88 Å². The second kappa shape index (κ2) is 4.98. The fraction of sp³-hybridized carbons (Fsp3) is 0.667. The molecule has 1 aliphatic rings. The van der Waals surface area contributed by atoms with E-state index in [0.717, 1.165) is 5.92 Å². The van der Waals surface area contributed by atoms with Gasteiger partial charge in [0, 0.05) is 14.2 Å². The molecule has 1 fully saturated rings. The Labute approximate surface area is 104 Å². The highest BCUT2D eigenvalue weighted by molar-refractivity contribution is 9.10. The van der Waals surface area contributed by atoms with E-state index in [4.69, 9.17) is 0 Å². The van der Waals surface area contributed by atoms with Crippen LogP contribution >= 0.6 is 27.3 Å². The minimum absolute atomic E-state index is 0.708. The van der Waals surface area contributed by atoms with Crippen molar-refractivity contribution in [1.29, 1.82) is 0 Å². The summed E-state index contributed by atoms with van der Waals surface area (Å²) in [4.78, 5) is 2.96. The molecule has 0 saturated carbocycles. The third kappa shape index (κ3) is 2.63. The molecule has 15 heavy (non-hydrogen) atoms. The maximum Gasteiger partial charge on any atom is 0.0320 e. The molecule has 0 bridgehead atoms. The standard InChI is InChI=1S/C12H18BrNS/c1-8-7-11(13)12(15-8)9(2)10-3-5-14-6-4-10/h7,9-10,14H,3-6H2,1-2H3. The lowest BCUT2D eigenvalue weighted by Crippen LogP contribution is -2.30. The minimum Gasteiger partial charge on any atom is -0.317 e. The summed E-state index contributed by atoms with van der Waals surface area (Å²) in [6.07, 6.45) is 2.65. The van der Waals surface area contributed by atoms with Crippen LogP contribution in [0.4, 0.5) is 0 Å². The normalized spacial score (nSPS) is 20.5. The number of hydrogen-bond acceptors (Lipinski definition) is 2. The molecule has 1 saturated heterocycles. The molecule has 3 heteroatoms. The summed E-state index contributed by atoms with van der Waals surface area (Å²) in [5, 5.41) is 3.43. The van der Waals surface area contributed by atoms with Crippen molar-refractivity contribution in [3.8, 4) is 0 Å². The molecule has 1 atom stereocenters. The molecule has 0 aliphatic carbocycles. The Kier molecular flexibility index (Phi) is 3.86. The van der Waals surface area contributed by atoms with Crippen molar-refractivity contribution >= 4 is 27.3 Å². The summed E-state index contributed by atoms with van der Waals surface area (Å²) < 4.78 is 1.32. The van der Waals surface area contributed by atoms with Gasteiger partial charge in [0.2, 0.25) is 0 Å². The van der Waals surface area contributed by atoms with Crippen LogP contribution in [-0.4, -0.2) is 13.1 Å². The molecule has 0 aromatic carbocycles. The van der Waals surface area contributed by atoms with E-state index in [9.17, 15) is 0 Å². The lowest BCUT2D eigenvalue weighted by molar-refractivity contribution is 0.332. The Morgan fingerprint density at radius 2 is 2.13 bits per heavy atom. The first-order valence-electron chi connectivity index (χ1n) is 5.65. The smallest absolute Gasteiger partial charge is 0.0320 e. The Bertz CT molecular complexity index is 328. The molecule has 1 nitrogen and oxygen atoms in total. The maximum absolute atomic E-state index is 3.68. The Hall–Kier alpha value is 0.140. The van der Waals surface area contributed by atoms with Crippen LogP contribution in [0.5, 0.6) is 0 Å². The summed E-state index contributed by atoms with van der Waals surface area (Å²) in [7, 11) is 0. The van der Waals surface area contributed by atoms with Gasteiger partial charge in [0.25, 0.3) is 0 Å². The molecule has 0 radical (unpaired) electrons. The largest absolute Gasteiger partial charge is 0.317 e. The zero-order chi connectivity index (χ0) is 10.8. The molecule has 1 aromatic heterocycles. The van der Waals surface area contributed by atoms with Crippen molar-refractivity contribution in [2.24, 2.45) is 5.92 Å². The van der Waals surface area contributed by atoms with Crippen LogP contribution in [0.1, 0.15) is 35.4 Å². The molecular weight excluding hydrogens is 270 g/mol. The summed E-state index contributed by atoms with van der Waals surface area (Å²) in [6, 6.07) is 2.25. The molecule has 0 amide bonds. The Morgan fingerprint density at radius 3 is 2.67 bits per heavy atom. The maximum atomic E-state index is 3.68. The van der Waals surface area contributed by atoms with Crippen molar-refractivity contribution in [3.63, 3.8) is 0 Å². The molecule has 1 unspecified atom stereocenters. The van der Waals surface area contributed by atoms with E-state index >= 15 is 0 Å². The van der Waals surface area contributed by atoms with Gasteiger partial charge in [-0.25, -0.2) is 0 Å². The minimum atomic E-state index is 0.708. The first kappa shape index (κ1) is 11.6. The van der Waals surface area contributed by atoms with Crippen molar-refractivity contribution in [2.45, 2.75) is 32.6 Å². The van der Waals surface area contributed by atoms with E-state index in [1.807, 2.05) is 11.3 Å². The Balaban J connectivity index is 2.12. The van der Waals surface area contributed by atoms with Crippen molar-refractivity contribution < 1.29 is 0 Å². The lowest BCUT2D eigenvalue weighted by Gasteiger charge is -2.27. The highest BCUT2D eigenvalue weighted by Gasteiger charge is 2.23. The van der Waals surface area contributed by atoms with E-state index in [2.05, 4.69) is 41.2 Å². The molecule has 1 N–H and O–H groups in total. The second-order valence-electron chi connectivity index (χ2n) is 4.45. The van der Waals surface area contributed by atoms with Crippen LogP contribution in [0.2, 0.25) is 0 Å². The number of halogens is 1. The van der Waals surface area contributed by atoms with Gasteiger partial charge in [0.15, 0.2) is 0 Å². The fourth-order valence-electron chi connectivity index (χ4n) is 2.37. The third-order valence-corrected chi connectivity index (χ3v) is 5.51. The molecule has 0 spiro atoms. The van der Waals surface area contributed by atoms with E-state index in [-0.39, 0.29) is 0 Å². The average Bonchev–Trinajstić information content (AvgIpc) is 2.58. The van der Waals surface area contributed by atoms with E-state index in [1.165, 1.54) is 35.3 Å². The Morgan fingerprint density at radius 1 is 1.47 bits per heavy atom. The molecule has 2 rings (SSSR count). The van der Waals surface area contributed by atoms with Crippen molar-refractivity contribution in [1.82, 2.24) is 5.32 Å². The highest BCUT2D eigenvalue weighted by Crippen LogP contribution is 2.39. The molecule has 84 valence electrons. The number of rotatable bonds is 2. The van der Waals surface area contributed by atoms with E-state index in [0.29, 0.717) is 5.92 Å². The number of piperidine rings is 1. The molecular formula is C12H18BrNS. The van der Waals surface area contributed by atoms with Crippen LogP contribution in [0.15, 0.2) is 10.5 Å². The van der Waals surface area contributed by atoms with Gasteiger partial charge < -0.3 is 5.32 Å². The van der Waals surface area contributed by atoms with Crippen molar-refractivity contribution in [2.75, 3.05) is 13.1 Å². The van der Waals surface area contributed by atoms with Crippen LogP contribution in [0.3, 0.4) is 0 Å². The number of nitrogens with one attached hydrogen (secondary N) is 1. The van der Waals surface area contributed by atoms with Crippen LogP contribution in [-0.2, 0) is 0 Å². The van der Waals surface area contributed by atoms with Gasteiger partial charge in [-0.3, -0.25) is 0 Å². The first-order chi connectivity index (χ1) is 7.18. The summed E-state index contributed by atoms with van der Waals surface area (Å²) in [5.41, 5.74) is 0. The predicted molar refractivity (Wildman–Crippen MR) is 70.8 cm³/mol. The highest BCUT2D eigenvalue weighted by atomic mass is 79.9. The summed E-state index contributed by atoms with van der Waals surface area (Å²) in [6.45, 7) is 6.95. The van der Waals surface area contributed by atoms with Gasteiger partial charge >= 0.3 is 0 Å². The van der Waals surface area contributed by atoms with E-state index < -0.39 is 0 Å². The number of aryl methyl sites for hydroxylation is 1. The summed E-state index contributed by atoms with van der Waals surface area (Å²) in [5.74, 6) is 1.57. The van der Waals surface area contributed by atoms with Crippen LogP contribution in [0, 0.1) is 12.8 Å². The zero-order valence-corrected chi connectivity index (χ0v) is 11.7. The fourth-order valence-corrected chi connectivity index (χ4v) is 4.53. The van der Waals surface area contributed by atoms with Gasteiger partial charge in [-0.1, -0.05) is 6.92 Å². The molecule has 1 aromatic rings. The quantitative estimate of drug-likeness (QED) is 0.869. The van der Waals surface area contributed by atoms with Gasteiger partial charge in [-0.2, -0.15) is 0 Å². The SMILES string of the molecule is Cc1cc(Br)c(C(C)C2CCNCC2)s1. The van der Waals surface area contributed by atoms with Gasteiger partial charge in [0.05, 0.1) is 0 Å². The van der Waals surface area contributed by atoms with Crippen molar-refractivity contribution in [3.05, 3.63) is 20.3 Å². The topological polar surface area (TPSA) is 12.0 Å². The monoisotopic (exact) mass is 287 g/mol. The number of thiophene rings is 1. The van der Waals surface area contributed by atoms with Gasteiger partial charge in [-0.05, 0) is 66.7 Å². The van der Waals surface area contributed by atoms with Gasteiger partial charge in [-0.15, -0.1) is 11.3 Å². The first-order valence-corrected chi connectivity index (χ1v) is 7.26. The predicted octanol–water partition coefficient (Wildman–Crippen LogP) is 3.92. The lowest BCUT2D eigenvalue weighted by atomic mass is 9.85. The van der Waals surface area contributed by atoms with Gasteiger partial charge in [0.1, 0.15) is 0 Å². The van der Waals surface area contributed by atoms with Crippen LogP contribution in [0.25, 0.3) is 0 Å². The molecule has 2 heterocycles. The molecule has 1 aliphatic heterocycles. The average molecular weight is 288 g/mol. The summed E-state index contributed by atoms with van der Waals surface area (Å²) >= 11 is 5.63.